The van der Waals surface area contributed by atoms with Crippen LogP contribution in [0.3, 0.4) is 0 Å². The number of carbonyl (C=O) groups excluding carboxylic acids is 1. The van der Waals surface area contributed by atoms with Gasteiger partial charge in [-0.3, -0.25) is 4.79 Å². The summed E-state index contributed by atoms with van der Waals surface area (Å²) in [5, 5.41) is 21.6. The second-order valence-electron chi connectivity index (χ2n) is 8.69. The third-order valence-corrected chi connectivity index (χ3v) is 8.10. The minimum atomic E-state index is -0.558. The fourth-order valence-electron chi connectivity index (χ4n) is 4.04. The Kier molecular flexibility index (Phi) is 8.28. The molecule has 1 fully saturated rings. The zero-order chi connectivity index (χ0) is 25.6. The van der Waals surface area contributed by atoms with Crippen LogP contribution in [0.4, 0.5) is 5.69 Å². The van der Waals surface area contributed by atoms with Crippen molar-refractivity contribution in [2.24, 2.45) is 0 Å². The van der Waals surface area contributed by atoms with Crippen molar-refractivity contribution in [2.75, 3.05) is 11.1 Å². The number of hydrogen-bond acceptors (Lipinski definition) is 8. The molecule has 9 heteroatoms. The number of ether oxygens (including phenoxy) is 2. The molecule has 7 nitrogen and oxygen atoms in total. The van der Waals surface area contributed by atoms with E-state index in [2.05, 4.69) is 15.5 Å². The van der Waals surface area contributed by atoms with Crippen molar-refractivity contribution in [1.29, 1.82) is 0 Å². The van der Waals surface area contributed by atoms with Crippen LogP contribution >= 0.6 is 23.1 Å². The van der Waals surface area contributed by atoms with E-state index < -0.39 is 6.29 Å². The van der Waals surface area contributed by atoms with Crippen molar-refractivity contribution < 1.29 is 19.4 Å². The number of thioether (sulfide) groups is 1. The van der Waals surface area contributed by atoms with Gasteiger partial charge in [0.2, 0.25) is 0 Å². The van der Waals surface area contributed by atoms with Gasteiger partial charge in [-0.05, 0) is 42.3 Å². The first-order valence-corrected chi connectivity index (χ1v) is 13.8. The molecule has 1 aromatic heterocycles. The SMILES string of the molecule is Cc1nnc(SCC2CC(c3ccc(CO)cc3)OC(c3ccc(NC(=O)c4ccccc4)cc3)O2)s1. The molecule has 1 amide bonds. The number of rotatable bonds is 8. The second kappa shape index (κ2) is 12.0. The molecule has 190 valence electrons. The summed E-state index contributed by atoms with van der Waals surface area (Å²) in [6.45, 7) is 1.95. The van der Waals surface area contributed by atoms with Crippen LogP contribution in [0.5, 0.6) is 0 Å². The Hall–Kier alpha value is -3.08. The summed E-state index contributed by atoms with van der Waals surface area (Å²) in [7, 11) is 0. The summed E-state index contributed by atoms with van der Waals surface area (Å²) >= 11 is 3.21. The number of aryl methyl sites for hydroxylation is 1. The van der Waals surface area contributed by atoms with Crippen molar-refractivity contribution in [3.05, 3.63) is 106 Å². The first-order chi connectivity index (χ1) is 18.1. The number of benzene rings is 3. The molecular formula is C28H27N3O4S2. The number of aliphatic hydroxyl groups excluding tert-OH is 1. The van der Waals surface area contributed by atoms with Gasteiger partial charge in [-0.15, -0.1) is 10.2 Å². The van der Waals surface area contributed by atoms with E-state index >= 15 is 0 Å². The van der Waals surface area contributed by atoms with Crippen LogP contribution in [-0.2, 0) is 16.1 Å². The highest BCUT2D eigenvalue weighted by molar-refractivity contribution is 8.01. The maximum atomic E-state index is 12.5. The van der Waals surface area contributed by atoms with Gasteiger partial charge in [-0.25, -0.2) is 0 Å². The van der Waals surface area contributed by atoms with E-state index in [1.54, 1.807) is 35.2 Å². The van der Waals surface area contributed by atoms with E-state index in [-0.39, 0.29) is 24.7 Å². The van der Waals surface area contributed by atoms with Crippen LogP contribution < -0.4 is 5.32 Å². The van der Waals surface area contributed by atoms with Gasteiger partial charge in [0.1, 0.15) is 5.01 Å². The van der Waals surface area contributed by atoms with Crippen molar-refractivity contribution in [2.45, 2.75) is 42.8 Å². The molecule has 1 aliphatic heterocycles. The summed E-state index contributed by atoms with van der Waals surface area (Å²) in [6.07, 6.45) is -0.0825. The highest BCUT2D eigenvalue weighted by Crippen LogP contribution is 2.39. The lowest BCUT2D eigenvalue weighted by Crippen LogP contribution is -2.31. The summed E-state index contributed by atoms with van der Waals surface area (Å²) < 4.78 is 13.7. The van der Waals surface area contributed by atoms with Crippen molar-refractivity contribution in [1.82, 2.24) is 10.2 Å². The summed E-state index contributed by atoms with van der Waals surface area (Å²) in [5.74, 6) is 0.569. The fourth-order valence-corrected chi connectivity index (χ4v) is 5.90. The van der Waals surface area contributed by atoms with Crippen LogP contribution in [0.1, 0.15) is 50.9 Å². The fraction of sp³-hybridized carbons (Fsp3) is 0.250. The lowest BCUT2D eigenvalue weighted by Gasteiger charge is -2.36. The molecule has 37 heavy (non-hydrogen) atoms. The molecule has 4 aromatic rings. The molecule has 0 radical (unpaired) electrons. The van der Waals surface area contributed by atoms with Crippen LogP contribution in [-0.4, -0.2) is 33.1 Å². The van der Waals surface area contributed by atoms with Crippen molar-refractivity contribution in [3.63, 3.8) is 0 Å². The average Bonchev–Trinajstić information content (AvgIpc) is 3.37. The van der Waals surface area contributed by atoms with Crippen LogP contribution in [0, 0.1) is 6.92 Å². The lowest BCUT2D eigenvalue weighted by atomic mass is 10.0. The highest BCUT2D eigenvalue weighted by atomic mass is 32.2. The molecule has 0 spiro atoms. The van der Waals surface area contributed by atoms with E-state index in [1.165, 1.54) is 0 Å². The number of nitrogens with one attached hydrogen (secondary N) is 1. The first kappa shape index (κ1) is 25.6. The van der Waals surface area contributed by atoms with Crippen LogP contribution in [0.25, 0.3) is 0 Å². The molecule has 1 aliphatic rings. The largest absolute Gasteiger partial charge is 0.392 e. The normalized spacial score (nSPS) is 19.5. The average molecular weight is 534 g/mol. The van der Waals surface area contributed by atoms with Crippen LogP contribution in [0.15, 0.2) is 83.2 Å². The van der Waals surface area contributed by atoms with Gasteiger partial charge in [0, 0.05) is 29.0 Å². The summed E-state index contributed by atoms with van der Waals surface area (Å²) in [6, 6.07) is 24.5. The molecule has 5 rings (SSSR count). The Morgan fingerprint density at radius 1 is 1.00 bits per heavy atom. The van der Waals surface area contributed by atoms with E-state index in [1.807, 2.05) is 73.7 Å². The molecule has 1 saturated heterocycles. The molecule has 0 bridgehead atoms. The van der Waals surface area contributed by atoms with E-state index in [9.17, 15) is 9.90 Å². The van der Waals surface area contributed by atoms with Gasteiger partial charge >= 0.3 is 0 Å². The number of aromatic nitrogens is 2. The number of aliphatic hydroxyl groups is 1. The van der Waals surface area contributed by atoms with E-state index in [0.717, 1.165) is 31.8 Å². The molecule has 3 aromatic carbocycles. The number of carbonyl (C=O) groups is 1. The number of nitrogens with zero attached hydrogens (tertiary/aromatic N) is 2. The molecule has 2 heterocycles. The zero-order valence-corrected chi connectivity index (χ0v) is 21.9. The van der Waals surface area contributed by atoms with Gasteiger partial charge in [0.15, 0.2) is 10.6 Å². The van der Waals surface area contributed by atoms with Gasteiger partial charge in [-0.1, -0.05) is 77.7 Å². The topological polar surface area (TPSA) is 93.6 Å². The Labute approximate surface area is 223 Å². The third-order valence-electron chi connectivity index (χ3n) is 5.99. The van der Waals surface area contributed by atoms with Crippen molar-refractivity contribution in [3.8, 4) is 0 Å². The van der Waals surface area contributed by atoms with Gasteiger partial charge in [0.05, 0.1) is 18.8 Å². The summed E-state index contributed by atoms with van der Waals surface area (Å²) in [5.41, 5.74) is 4.07. The minimum Gasteiger partial charge on any atom is -0.392 e. The second-order valence-corrected chi connectivity index (χ2v) is 11.1. The first-order valence-electron chi connectivity index (χ1n) is 12.0. The van der Waals surface area contributed by atoms with E-state index in [0.29, 0.717) is 17.7 Å². The third kappa shape index (κ3) is 6.63. The number of hydrogen-bond donors (Lipinski definition) is 2. The molecular weight excluding hydrogens is 506 g/mol. The maximum absolute atomic E-state index is 12.5. The number of anilines is 1. The molecule has 3 unspecified atom stereocenters. The molecule has 3 atom stereocenters. The Morgan fingerprint density at radius 2 is 1.73 bits per heavy atom. The Bertz CT molecular complexity index is 1310. The molecule has 2 N–H and O–H groups in total. The Balaban J connectivity index is 1.30. The number of amides is 1. The zero-order valence-electron chi connectivity index (χ0n) is 20.2. The predicted octanol–water partition coefficient (Wildman–Crippen LogP) is 5.93. The van der Waals surface area contributed by atoms with Gasteiger partial charge in [0.25, 0.3) is 5.91 Å². The maximum Gasteiger partial charge on any atom is 0.255 e. The molecule has 0 aliphatic carbocycles. The predicted molar refractivity (Wildman–Crippen MR) is 145 cm³/mol. The van der Waals surface area contributed by atoms with Gasteiger partial charge in [-0.2, -0.15) is 0 Å². The quantitative estimate of drug-likeness (QED) is 0.271. The minimum absolute atomic E-state index is 0.00519. The van der Waals surface area contributed by atoms with Crippen LogP contribution in [0.2, 0.25) is 0 Å². The lowest BCUT2D eigenvalue weighted by molar-refractivity contribution is -0.245. The molecule has 0 saturated carbocycles. The smallest absolute Gasteiger partial charge is 0.255 e. The monoisotopic (exact) mass is 533 g/mol. The Morgan fingerprint density at radius 3 is 2.41 bits per heavy atom. The van der Waals surface area contributed by atoms with Gasteiger partial charge < -0.3 is 19.9 Å². The standard InChI is InChI=1S/C28H27N3O4S2/c1-18-30-31-28(37-18)36-17-24-15-25(20-9-7-19(16-32)8-10-20)35-27(34-24)22-11-13-23(14-12-22)29-26(33)21-5-3-2-4-6-21/h2-14,24-25,27,32H,15-17H2,1H3,(H,29,33). The highest BCUT2D eigenvalue weighted by Gasteiger charge is 2.32. The summed E-state index contributed by atoms with van der Waals surface area (Å²) in [4.78, 5) is 12.5. The van der Waals surface area contributed by atoms with Crippen molar-refractivity contribution >= 4 is 34.7 Å². The van der Waals surface area contributed by atoms with E-state index in [4.69, 9.17) is 9.47 Å².